The second-order valence-electron chi connectivity index (χ2n) is 5.08. The van der Waals surface area contributed by atoms with Crippen LogP contribution in [0, 0.1) is 0 Å². The average Bonchev–Trinajstić information content (AvgIpc) is 2.39. The first-order valence-corrected chi connectivity index (χ1v) is 7.25. The summed E-state index contributed by atoms with van der Waals surface area (Å²) >= 11 is 3.66. The van der Waals surface area contributed by atoms with Crippen molar-refractivity contribution in [1.82, 2.24) is 4.90 Å². The van der Waals surface area contributed by atoms with E-state index in [1.54, 1.807) is 0 Å². The second-order valence-corrected chi connectivity index (χ2v) is 5.94. The van der Waals surface area contributed by atoms with Crippen LogP contribution in [0.15, 0.2) is 22.7 Å². The molecule has 0 spiro atoms. The molecule has 3 nitrogen and oxygen atoms in total. The predicted molar refractivity (Wildman–Crippen MR) is 79.4 cm³/mol. The Labute approximate surface area is 118 Å². The molecular weight excluding hydrogens is 292 g/mol. The predicted octanol–water partition coefficient (Wildman–Crippen LogP) is 2.30. The van der Waals surface area contributed by atoms with Crippen LogP contribution < -0.4 is 4.90 Å². The van der Waals surface area contributed by atoms with Crippen molar-refractivity contribution in [1.29, 1.82) is 0 Å². The topological polar surface area (TPSA) is 26.7 Å². The van der Waals surface area contributed by atoms with E-state index in [-0.39, 0.29) is 12.5 Å². The Hall–Kier alpha value is -0.580. The number of aliphatic hydroxyl groups is 1. The molecule has 1 unspecified atom stereocenters. The van der Waals surface area contributed by atoms with Crippen LogP contribution in [0.5, 0.6) is 0 Å². The third-order valence-electron chi connectivity index (χ3n) is 3.66. The number of aliphatic hydroxyl groups excluding tert-OH is 1. The van der Waals surface area contributed by atoms with Gasteiger partial charge in [0, 0.05) is 43.2 Å². The third kappa shape index (κ3) is 3.05. The lowest BCUT2D eigenvalue weighted by atomic mass is 10.0. The highest BCUT2D eigenvalue weighted by Gasteiger charge is 2.17. The molecule has 0 bridgehead atoms. The van der Waals surface area contributed by atoms with Gasteiger partial charge < -0.3 is 14.9 Å². The number of halogens is 1. The smallest absolute Gasteiger partial charge is 0.0511 e. The van der Waals surface area contributed by atoms with Gasteiger partial charge in [-0.3, -0.25) is 0 Å². The average molecular weight is 313 g/mol. The zero-order chi connectivity index (χ0) is 13.1. The van der Waals surface area contributed by atoms with E-state index < -0.39 is 0 Å². The van der Waals surface area contributed by atoms with Crippen molar-refractivity contribution >= 4 is 21.6 Å². The standard InChI is InChI=1S/C14H21BrN2O/c1-11(10-18)12-3-4-14(13(15)9-12)17-7-5-16(2)6-8-17/h3-4,9,11,18H,5-8,10H2,1-2H3. The molecular formula is C14H21BrN2O. The number of rotatable bonds is 3. The Morgan fingerprint density at radius 1 is 1.28 bits per heavy atom. The van der Waals surface area contributed by atoms with E-state index in [1.165, 1.54) is 11.3 Å². The van der Waals surface area contributed by atoms with Gasteiger partial charge in [0.05, 0.1) is 5.69 Å². The van der Waals surface area contributed by atoms with E-state index in [0.29, 0.717) is 0 Å². The van der Waals surface area contributed by atoms with Gasteiger partial charge in [0.15, 0.2) is 0 Å². The number of anilines is 1. The molecule has 1 aromatic carbocycles. The number of hydrogen-bond donors (Lipinski definition) is 1. The Bertz CT molecular complexity index is 403. The van der Waals surface area contributed by atoms with E-state index >= 15 is 0 Å². The maximum Gasteiger partial charge on any atom is 0.0511 e. The summed E-state index contributed by atoms with van der Waals surface area (Å²) in [7, 11) is 2.17. The molecule has 1 aliphatic heterocycles. The SMILES string of the molecule is CC(CO)c1ccc(N2CCN(C)CC2)c(Br)c1. The Balaban J connectivity index is 2.14. The number of nitrogens with zero attached hydrogens (tertiary/aromatic N) is 2. The van der Waals surface area contributed by atoms with E-state index in [4.69, 9.17) is 0 Å². The monoisotopic (exact) mass is 312 g/mol. The first kappa shape index (κ1) is 13.8. The maximum absolute atomic E-state index is 9.20. The number of hydrogen-bond acceptors (Lipinski definition) is 3. The molecule has 1 atom stereocenters. The van der Waals surface area contributed by atoms with Crippen LogP contribution in [-0.2, 0) is 0 Å². The molecule has 1 fully saturated rings. The molecule has 1 aliphatic rings. The minimum absolute atomic E-state index is 0.195. The van der Waals surface area contributed by atoms with Crippen molar-refractivity contribution in [3.05, 3.63) is 28.2 Å². The molecule has 1 heterocycles. The lowest BCUT2D eigenvalue weighted by Gasteiger charge is -2.34. The number of piperazine rings is 1. The van der Waals surface area contributed by atoms with E-state index in [1.807, 2.05) is 6.92 Å². The second kappa shape index (κ2) is 6.04. The lowest BCUT2D eigenvalue weighted by Crippen LogP contribution is -2.44. The quantitative estimate of drug-likeness (QED) is 0.927. The molecule has 0 aliphatic carbocycles. The highest BCUT2D eigenvalue weighted by atomic mass is 79.9. The molecule has 0 aromatic heterocycles. The van der Waals surface area contributed by atoms with Gasteiger partial charge in [-0.1, -0.05) is 13.0 Å². The van der Waals surface area contributed by atoms with Gasteiger partial charge in [-0.05, 0) is 40.7 Å². The summed E-state index contributed by atoms with van der Waals surface area (Å²) in [5.74, 6) is 0.197. The molecule has 1 aromatic rings. The van der Waals surface area contributed by atoms with Crippen molar-refractivity contribution in [3.63, 3.8) is 0 Å². The van der Waals surface area contributed by atoms with Crippen LogP contribution in [0.1, 0.15) is 18.4 Å². The first-order valence-electron chi connectivity index (χ1n) is 6.45. The van der Waals surface area contributed by atoms with Crippen molar-refractivity contribution in [2.45, 2.75) is 12.8 Å². The fourth-order valence-electron chi connectivity index (χ4n) is 2.24. The van der Waals surface area contributed by atoms with E-state index in [0.717, 1.165) is 30.7 Å². The Morgan fingerprint density at radius 2 is 1.94 bits per heavy atom. The summed E-state index contributed by atoms with van der Waals surface area (Å²) in [5, 5.41) is 9.20. The van der Waals surface area contributed by atoms with Gasteiger partial charge in [-0.15, -0.1) is 0 Å². The summed E-state index contributed by atoms with van der Waals surface area (Å²) in [6, 6.07) is 6.42. The fourth-order valence-corrected chi connectivity index (χ4v) is 2.89. The highest BCUT2D eigenvalue weighted by molar-refractivity contribution is 9.10. The maximum atomic E-state index is 9.20. The minimum Gasteiger partial charge on any atom is -0.396 e. The molecule has 0 radical (unpaired) electrons. The van der Waals surface area contributed by atoms with Crippen LogP contribution in [0.25, 0.3) is 0 Å². The van der Waals surface area contributed by atoms with Crippen molar-refractivity contribution in [3.8, 4) is 0 Å². The zero-order valence-corrected chi connectivity index (χ0v) is 12.7. The minimum atomic E-state index is 0.195. The molecule has 4 heteroatoms. The van der Waals surface area contributed by atoms with Crippen molar-refractivity contribution in [2.75, 3.05) is 44.7 Å². The summed E-state index contributed by atoms with van der Waals surface area (Å²) in [6.45, 7) is 6.61. The third-order valence-corrected chi connectivity index (χ3v) is 4.29. The van der Waals surface area contributed by atoms with Crippen LogP contribution in [0.4, 0.5) is 5.69 Å². The van der Waals surface area contributed by atoms with Crippen molar-refractivity contribution < 1.29 is 5.11 Å². The fraction of sp³-hybridized carbons (Fsp3) is 0.571. The van der Waals surface area contributed by atoms with Gasteiger partial charge in [0.1, 0.15) is 0 Å². The largest absolute Gasteiger partial charge is 0.396 e. The van der Waals surface area contributed by atoms with E-state index in [9.17, 15) is 5.11 Å². The van der Waals surface area contributed by atoms with Crippen molar-refractivity contribution in [2.24, 2.45) is 0 Å². The van der Waals surface area contributed by atoms with Crippen LogP contribution in [-0.4, -0.2) is 49.8 Å². The molecule has 100 valence electrons. The first-order chi connectivity index (χ1) is 8.61. The summed E-state index contributed by atoms with van der Waals surface area (Å²) in [6.07, 6.45) is 0. The summed E-state index contributed by atoms with van der Waals surface area (Å²) in [4.78, 5) is 4.77. The van der Waals surface area contributed by atoms with E-state index in [2.05, 4.69) is 51.0 Å². The molecule has 1 N–H and O–H groups in total. The van der Waals surface area contributed by atoms with Crippen LogP contribution >= 0.6 is 15.9 Å². The normalized spacial score (nSPS) is 19.0. The Morgan fingerprint density at radius 3 is 2.50 bits per heavy atom. The van der Waals surface area contributed by atoms with Crippen LogP contribution in [0.3, 0.4) is 0 Å². The molecule has 0 amide bonds. The molecule has 2 rings (SSSR count). The highest BCUT2D eigenvalue weighted by Crippen LogP contribution is 2.30. The van der Waals surface area contributed by atoms with Gasteiger partial charge in [0.2, 0.25) is 0 Å². The van der Waals surface area contributed by atoms with Crippen LogP contribution in [0.2, 0.25) is 0 Å². The van der Waals surface area contributed by atoms with Gasteiger partial charge >= 0.3 is 0 Å². The van der Waals surface area contributed by atoms with Gasteiger partial charge in [-0.25, -0.2) is 0 Å². The molecule has 0 saturated carbocycles. The lowest BCUT2D eigenvalue weighted by molar-refractivity contribution is 0.273. The number of likely N-dealkylation sites (N-methyl/N-ethyl adjacent to an activating group) is 1. The zero-order valence-electron chi connectivity index (χ0n) is 11.1. The summed E-state index contributed by atoms with van der Waals surface area (Å²) < 4.78 is 1.13. The molecule has 1 saturated heterocycles. The van der Waals surface area contributed by atoms with Gasteiger partial charge in [-0.2, -0.15) is 0 Å². The number of benzene rings is 1. The van der Waals surface area contributed by atoms with Gasteiger partial charge in [0.25, 0.3) is 0 Å². The summed E-state index contributed by atoms with van der Waals surface area (Å²) in [5.41, 5.74) is 2.44. The Kier molecular flexibility index (Phi) is 4.65. The molecule has 18 heavy (non-hydrogen) atoms.